The summed E-state index contributed by atoms with van der Waals surface area (Å²) in [6.07, 6.45) is 4.12. The van der Waals surface area contributed by atoms with E-state index in [9.17, 15) is 4.79 Å². The highest BCUT2D eigenvalue weighted by molar-refractivity contribution is 5.81. The van der Waals surface area contributed by atoms with Crippen molar-refractivity contribution in [2.75, 3.05) is 6.61 Å². The molecule has 21 heavy (non-hydrogen) atoms. The maximum atomic E-state index is 11.9. The molecular weight excluding hydrogens is 266 g/mol. The predicted molar refractivity (Wildman–Crippen MR) is 82.3 cm³/mol. The van der Waals surface area contributed by atoms with Gasteiger partial charge in [0.2, 0.25) is 0 Å². The van der Waals surface area contributed by atoms with E-state index < -0.39 is 5.54 Å². The van der Waals surface area contributed by atoms with Gasteiger partial charge < -0.3 is 15.2 Å². The third-order valence-electron chi connectivity index (χ3n) is 3.95. The quantitative estimate of drug-likeness (QED) is 0.819. The molecule has 2 rings (SSSR count). The smallest absolute Gasteiger partial charge is 0.326 e. The average Bonchev–Trinajstić information content (AvgIpc) is 2.84. The third kappa shape index (κ3) is 3.97. The van der Waals surface area contributed by atoms with Crippen molar-refractivity contribution in [2.45, 2.75) is 57.6 Å². The van der Waals surface area contributed by atoms with Crippen LogP contribution in [0.4, 0.5) is 0 Å². The molecule has 0 spiro atoms. The molecule has 0 aliphatic heterocycles. The Morgan fingerprint density at radius 1 is 1.33 bits per heavy atom. The molecule has 0 amide bonds. The maximum Gasteiger partial charge on any atom is 0.326 e. The molecule has 0 heterocycles. The molecule has 0 bridgehead atoms. The summed E-state index contributed by atoms with van der Waals surface area (Å²) in [5, 5.41) is 0. The van der Waals surface area contributed by atoms with Crippen molar-refractivity contribution in [3.05, 3.63) is 29.8 Å². The Kier molecular flexibility index (Phi) is 5.23. The van der Waals surface area contributed by atoms with Gasteiger partial charge in [-0.1, -0.05) is 25.5 Å². The van der Waals surface area contributed by atoms with Crippen molar-refractivity contribution in [2.24, 2.45) is 5.73 Å². The summed E-state index contributed by atoms with van der Waals surface area (Å²) >= 11 is 0. The van der Waals surface area contributed by atoms with E-state index >= 15 is 0 Å². The van der Waals surface area contributed by atoms with Crippen LogP contribution in [-0.2, 0) is 16.0 Å². The summed E-state index contributed by atoms with van der Waals surface area (Å²) in [6, 6.07) is 8.17. The molecule has 0 aromatic heterocycles. The highest BCUT2D eigenvalue weighted by Gasteiger charge is 2.44. The number of esters is 1. The first-order chi connectivity index (χ1) is 10.1. The van der Waals surface area contributed by atoms with Crippen molar-refractivity contribution in [3.63, 3.8) is 0 Å². The molecule has 2 N–H and O–H groups in total. The van der Waals surface area contributed by atoms with Gasteiger partial charge in [-0.3, -0.25) is 4.79 Å². The van der Waals surface area contributed by atoms with E-state index in [2.05, 4.69) is 19.1 Å². The predicted octanol–water partition coefficient (Wildman–Crippen LogP) is 2.83. The van der Waals surface area contributed by atoms with Gasteiger partial charge in [-0.05, 0) is 43.9 Å². The van der Waals surface area contributed by atoms with Crippen LogP contribution < -0.4 is 10.5 Å². The molecular formula is C17H25NO3. The SMILES string of the molecule is CCCc1ccc(OC2CCC(N)(C(=O)OCC)C2)cc1. The van der Waals surface area contributed by atoms with Crippen LogP contribution in [0.2, 0.25) is 0 Å². The molecule has 1 aromatic rings. The third-order valence-corrected chi connectivity index (χ3v) is 3.95. The van der Waals surface area contributed by atoms with Crippen LogP contribution in [0.25, 0.3) is 0 Å². The van der Waals surface area contributed by atoms with Gasteiger partial charge in [0.05, 0.1) is 6.61 Å². The minimum Gasteiger partial charge on any atom is -0.490 e. The Hall–Kier alpha value is -1.55. The van der Waals surface area contributed by atoms with Gasteiger partial charge in [0.15, 0.2) is 0 Å². The zero-order chi connectivity index (χ0) is 15.3. The topological polar surface area (TPSA) is 61.5 Å². The van der Waals surface area contributed by atoms with Crippen molar-refractivity contribution < 1.29 is 14.3 Å². The molecule has 0 saturated heterocycles. The minimum atomic E-state index is -0.886. The number of benzene rings is 1. The second-order valence-electron chi connectivity index (χ2n) is 5.75. The lowest BCUT2D eigenvalue weighted by Crippen LogP contribution is -2.47. The van der Waals surface area contributed by atoms with Crippen molar-refractivity contribution in [3.8, 4) is 5.75 Å². The zero-order valence-electron chi connectivity index (χ0n) is 12.9. The number of hydrogen-bond acceptors (Lipinski definition) is 4. The Morgan fingerprint density at radius 2 is 2.05 bits per heavy atom. The largest absolute Gasteiger partial charge is 0.490 e. The lowest BCUT2D eigenvalue weighted by atomic mass is 9.99. The van der Waals surface area contributed by atoms with Gasteiger partial charge in [0.25, 0.3) is 0 Å². The minimum absolute atomic E-state index is 0.0172. The number of aryl methyl sites for hydroxylation is 1. The summed E-state index contributed by atoms with van der Waals surface area (Å²) in [6.45, 7) is 4.32. The van der Waals surface area contributed by atoms with Gasteiger partial charge in [0.1, 0.15) is 17.4 Å². The van der Waals surface area contributed by atoms with E-state index in [1.165, 1.54) is 5.56 Å². The van der Waals surface area contributed by atoms with Crippen LogP contribution in [-0.4, -0.2) is 24.2 Å². The van der Waals surface area contributed by atoms with Gasteiger partial charge in [-0.2, -0.15) is 0 Å². The van der Waals surface area contributed by atoms with Gasteiger partial charge >= 0.3 is 5.97 Å². The van der Waals surface area contributed by atoms with Crippen LogP contribution in [0.5, 0.6) is 5.75 Å². The monoisotopic (exact) mass is 291 g/mol. The summed E-state index contributed by atoms with van der Waals surface area (Å²) in [5.41, 5.74) is 6.57. The fourth-order valence-electron chi connectivity index (χ4n) is 2.81. The van der Waals surface area contributed by atoms with Crippen LogP contribution in [0.15, 0.2) is 24.3 Å². The molecule has 116 valence electrons. The molecule has 4 heteroatoms. The number of rotatable bonds is 6. The second-order valence-corrected chi connectivity index (χ2v) is 5.75. The van der Waals surface area contributed by atoms with Crippen molar-refractivity contribution in [1.82, 2.24) is 0 Å². The molecule has 2 unspecified atom stereocenters. The molecule has 1 fully saturated rings. The molecule has 1 aromatic carbocycles. The van der Waals surface area contributed by atoms with Crippen LogP contribution in [0.1, 0.15) is 45.1 Å². The van der Waals surface area contributed by atoms with Crippen LogP contribution in [0.3, 0.4) is 0 Å². The number of carbonyl (C=O) groups is 1. The number of nitrogens with two attached hydrogens (primary N) is 1. The van der Waals surface area contributed by atoms with E-state index in [1.807, 2.05) is 12.1 Å². The van der Waals surface area contributed by atoms with Crippen molar-refractivity contribution >= 4 is 5.97 Å². The zero-order valence-corrected chi connectivity index (χ0v) is 12.9. The Labute approximate surface area is 126 Å². The Balaban J connectivity index is 1.91. The van der Waals surface area contributed by atoms with E-state index in [4.69, 9.17) is 15.2 Å². The lowest BCUT2D eigenvalue weighted by Gasteiger charge is -2.21. The lowest BCUT2D eigenvalue weighted by molar-refractivity contribution is -0.149. The first-order valence-corrected chi connectivity index (χ1v) is 7.79. The molecule has 2 atom stereocenters. The summed E-state index contributed by atoms with van der Waals surface area (Å²) in [4.78, 5) is 11.9. The van der Waals surface area contributed by atoms with Crippen LogP contribution >= 0.6 is 0 Å². The normalized spacial score (nSPS) is 24.8. The first-order valence-electron chi connectivity index (χ1n) is 7.79. The van der Waals surface area contributed by atoms with E-state index in [-0.39, 0.29) is 12.1 Å². The van der Waals surface area contributed by atoms with Crippen molar-refractivity contribution in [1.29, 1.82) is 0 Å². The molecule has 1 saturated carbocycles. The number of ether oxygens (including phenoxy) is 2. The van der Waals surface area contributed by atoms with E-state index in [0.29, 0.717) is 19.4 Å². The Morgan fingerprint density at radius 3 is 2.67 bits per heavy atom. The van der Waals surface area contributed by atoms with Gasteiger partial charge in [-0.15, -0.1) is 0 Å². The maximum absolute atomic E-state index is 11.9. The summed E-state index contributed by atoms with van der Waals surface area (Å²) < 4.78 is 11.0. The second kappa shape index (κ2) is 6.94. The van der Waals surface area contributed by atoms with Gasteiger partial charge in [0, 0.05) is 6.42 Å². The molecule has 4 nitrogen and oxygen atoms in total. The number of hydrogen-bond donors (Lipinski definition) is 1. The number of carbonyl (C=O) groups excluding carboxylic acids is 1. The summed E-state index contributed by atoms with van der Waals surface area (Å²) in [7, 11) is 0. The highest BCUT2D eigenvalue weighted by Crippen LogP contribution is 2.32. The first kappa shape index (κ1) is 15.8. The van der Waals surface area contributed by atoms with E-state index in [0.717, 1.165) is 25.0 Å². The molecule has 1 aliphatic carbocycles. The molecule has 1 aliphatic rings. The fraction of sp³-hybridized carbons (Fsp3) is 0.588. The standard InChI is InChI=1S/C17H25NO3/c1-3-5-13-6-8-14(9-7-13)21-15-10-11-17(18,12-15)16(19)20-4-2/h6-9,15H,3-5,10-12,18H2,1-2H3. The highest BCUT2D eigenvalue weighted by atomic mass is 16.5. The van der Waals surface area contributed by atoms with E-state index in [1.54, 1.807) is 6.92 Å². The summed E-state index contributed by atoms with van der Waals surface area (Å²) in [5.74, 6) is 0.530. The molecule has 0 radical (unpaired) electrons. The Bertz CT molecular complexity index is 471. The average molecular weight is 291 g/mol. The van der Waals surface area contributed by atoms with Gasteiger partial charge in [-0.25, -0.2) is 0 Å². The van der Waals surface area contributed by atoms with Crippen LogP contribution in [0, 0.1) is 0 Å². The fourth-order valence-corrected chi connectivity index (χ4v) is 2.81.